The van der Waals surface area contributed by atoms with Gasteiger partial charge in [-0.15, -0.1) is 0 Å². The zero-order chi connectivity index (χ0) is 12.4. The monoisotopic (exact) mass is 249 g/mol. The van der Waals surface area contributed by atoms with Gasteiger partial charge in [0.1, 0.15) is 18.0 Å². The van der Waals surface area contributed by atoms with Gasteiger partial charge in [-0.2, -0.15) is 0 Å². The first kappa shape index (κ1) is 11.7. The molecule has 2 saturated heterocycles. The Kier molecular flexibility index (Phi) is 3.29. The quantitative estimate of drug-likeness (QED) is 0.794. The van der Waals surface area contributed by atoms with Crippen molar-refractivity contribution in [2.45, 2.75) is 12.5 Å². The van der Waals surface area contributed by atoms with Crippen molar-refractivity contribution in [3.63, 3.8) is 0 Å². The highest BCUT2D eigenvalue weighted by atomic mass is 16.5. The van der Waals surface area contributed by atoms with Gasteiger partial charge in [0, 0.05) is 38.3 Å². The molecule has 1 atom stereocenters. The summed E-state index contributed by atoms with van der Waals surface area (Å²) in [6.07, 6.45) is 2.72. The average Bonchev–Trinajstić information content (AvgIpc) is 2.89. The third-order valence-corrected chi connectivity index (χ3v) is 3.72. The third-order valence-electron chi connectivity index (χ3n) is 3.72. The number of rotatable bonds is 2. The normalized spacial score (nSPS) is 25.6. The van der Waals surface area contributed by atoms with Gasteiger partial charge in [0.05, 0.1) is 13.2 Å². The molecule has 0 aromatic carbocycles. The molecule has 0 aliphatic carbocycles. The van der Waals surface area contributed by atoms with Crippen molar-refractivity contribution in [1.29, 1.82) is 0 Å². The van der Waals surface area contributed by atoms with Crippen LogP contribution in [0.25, 0.3) is 0 Å². The van der Waals surface area contributed by atoms with E-state index in [0.29, 0.717) is 11.9 Å². The summed E-state index contributed by atoms with van der Waals surface area (Å²) in [4.78, 5) is 13.0. The molecular formula is C12H19N5O. The minimum absolute atomic E-state index is 0.537. The van der Waals surface area contributed by atoms with E-state index in [1.807, 2.05) is 6.07 Å². The molecule has 2 aliphatic heterocycles. The summed E-state index contributed by atoms with van der Waals surface area (Å²) < 4.78 is 5.39. The Morgan fingerprint density at radius 1 is 1.22 bits per heavy atom. The van der Waals surface area contributed by atoms with Crippen LogP contribution in [-0.2, 0) is 4.74 Å². The molecule has 1 unspecified atom stereocenters. The number of morpholine rings is 1. The van der Waals surface area contributed by atoms with E-state index in [9.17, 15) is 0 Å². The molecule has 0 amide bonds. The Bertz CT molecular complexity index is 407. The van der Waals surface area contributed by atoms with Gasteiger partial charge >= 0.3 is 0 Å². The SMILES string of the molecule is Nc1cc(N2CCC(N3CCOCC3)C2)ncn1. The van der Waals surface area contributed by atoms with Crippen LogP contribution in [0.5, 0.6) is 0 Å². The van der Waals surface area contributed by atoms with Crippen LogP contribution in [0.3, 0.4) is 0 Å². The van der Waals surface area contributed by atoms with Crippen molar-refractivity contribution >= 4 is 11.6 Å². The van der Waals surface area contributed by atoms with Crippen molar-refractivity contribution in [3.8, 4) is 0 Å². The Balaban J connectivity index is 1.64. The maximum absolute atomic E-state index is 5.70. The predicted molar refractivity (Wildman–Crippen MR) is 69.5 cm³/mol. The van der Waals surface area contributed by atoms with Crippen molar-refractivity contribution < 1.29 is 4.74 Å². The van der Waals surface area contributed by atoms with E-state index in [1.165, 1.54) is 12.7 Å². The van der Waals surface area contributed by atoms with Gasteiger partial charge in [-0.25, -0.2) is 9.97 Å². The summed E-state index contributed by atoms with van der Waals surface area (Å²) in [6.45, 7) is 5.87. The highest BCUT2D eigenvalue weighted by Crippen LogP contribution is 2.22. The fourth-order valence-corrected chi connectivity index (χ4v) is 2.73. The zero-order valence-electron chi connectivity index (χ0n) is 10.5. The second-order valence-corrected chi connectivity index (χ2v) is 4.84. The first-order valence-electron chi connectivity index (χ1n) is 6.47. The summed E-state index contributed by atoms with van der Waals surface area (Å²) in [5.41, 5.74) is 5.70. The van der Waals surface area contributed by atoms with Crippen LogP contribution < -0.4 is 10.6 Å². The molecule has 6 heteroatoms. The fraction of sp³-hybridized carbons (Fsp3) is 0.667. The smallest absolute Gasteiger partial charge is 0.134 e. The molecule has 0 bridgehead atoms. The van der Waals surface area contributed by atoms with Gasteiger partial charge in [0.15, 0.2) is 0 Å². The first-order valence-corrected chi connectivity index (χ1v) is 6.47. The maximum Gasteiger partial charge on any atom is 0.134 e. The van der Waals surface area contributed by atoms with Crippen LogP contribution in [0, 0.1) is 0 Å². The lowest BCUT2D eigenvalue weighted by molar-refractivity contribution is 0.0209. The highest BCUT2D eigenvalue weighted by Gasteiger charge is 2.29. The van der Waals surface area contributed by atoms with Gasteiger partial charge in [-0.1, -0.05) is 0 Å². The number of nitrogens with zero attached hydrogens (tertiary/aromatic N) is 4. The lowest BCUT2D eigenvalue weighted by atomic mass is 10.2. The van der Waals surface area contributed by atoms with Crippen LogP contribution in [0.1, 0.15) is 6.42 Å². The Hall–Kier alpha value is -1.40. The number of nitrogen functional groups attached to an aromatic ring is 1. The van der Waals surface area contributed by atoms with E-state index in [0.717, 1.165) is 45.2 Å². The summed E-state index contributed by atoms with van der Waals surface area (Å²) in [6, 6.07) is 2.46. The number of aromatic nitrogens is 2. The van der Waals surface area contributed by atoms with E-state index in [-0.39, 0.29) is 0 Å². The number of hydrogen-bond donors (Lipinski definition) is 1. The molecule has 2 fully saturated rings. The van der Waals surface area contributed by atoms with Crippen LogP contribution in [-0.4, -0.2) is 60.3 Å². The Morgan fingerprint density at radius 3 is 2.83 bits per heavy atom. The Labute approximate surface area is 107 Å². The second-order valence-electron chi connectivity index (χ2n) is 4.84. The third kappa shape index (κ3) is 2.39. The fourth-order valence-electron chi connectivity index (χ4n) is 2.73. The first-order chi connectivity index (χ1) is 8.83. The van der Waals surface area contributed by atoms with Crippen LogP contribution in [0.4, 0.5) is 11.6 Å². The number of anilines is 2. The molecule has 6 nitrogen and oxygen atoms in total. The minimum atomic E-state index is 0.537. The van der Waals surface area contributed by atoms with Crippen molar-refractivity contribution in [3.05, 3.63) is 12.4 Å². The molecule has 2 N–H and O–H groups in total. The molecule has 3 rings (SSSR count). The zero-order valence-corrected chi connectivity index (χ0v) is 10.5. The summed E-state index contributed by atoms with van der Waals surface area (Å²) in [7, 11) is 0. The molecular weight excluding hydrogens is 230 g/mol. The lowest BCUT2D eigenvalue weighted by Gasteiger charge is -2.32. The summed E-state index contributed by atoms with van der Waals surface area (Å²) in [5.74, 6) is 1.48. The molecule has 0 saturated carbocycles. The van der Waals surface area contributed by atoms with Crippen LogP contribution in [0.15, 0.2) is 12.4 Å². The molecule has 1 aromatic rings. The number of hydrogen-bond acceptors (Lipinski definition) is 6. The predicted octanol–water partition coefficient (Wildman–Crippen LogP) is -0.0303. The topological polar surface area (TPSA) is 67.5 Å². The van der Waals surface area contributed by atoms with Gasteiger partial charge in [-0.3, -0.25) is 4.90 Å². The van der Waals surface area contributed by atoms with E-state index < -0.39 is 0 Å². The van der Waals surface area contributed by atoms with Crippen LogP contribution in [0.2, 0.25) is 0 Å². The van der Waals surface area contributed by atoms with E-state index in [1.54, 1.807) is 0 Å². The van der Waals surface area contributed by atoms with Gasteiger partial charge in [0.25, 0.3) is 0 Å². The van der Waals surface area contributed by atoms with Gasteiger partial charge < -0.3 is 15.4 Å². The van der Waals surface area contributed by atoms with Crippen molar-refractivity contribution in [1.82, 2.24) is 14.9 Å². The van der Waals surface area contributed by atoms with E-state index in [2.05, 4.69) is 19.8 Å². The van der Waals surface area contributed by atoms with E-state index >= 15 is 0 Å². The minimum Gasteiger partial charge on any atom is -0.384 e. The van der Waals surface area contributed by atoms with Crippen LogP contribution >= 0.6 is 0 Å². The maximum atomic E-state index is 5.70. The molecule has 3 heterocycles. The van der Waals surface area contributed by atoms with Crippen molar-refractivity contribution in [2.24, 2.45) is 0 Å². The van der Waals surface area contributed by atoms with Gasteiger partial charge in [0.2, 0.25) is 0 Å². The molecule has 1 aromatic heterocycles. The second kappa shape index (κ2) is 5.07. The summed E-state index contributed by atoms with van der Waals surface area (Å²) in [5, 5.41) is 0. The molecule has 0 radical (unpaired) electrons. The number of ether oxygens (including phenoxy) is 1. The Morgan fingerprint density at radius 2 is 2.06 bits per heavy atom. The average molecular weight is 249 g/mol. The van der Waals surface area contributed by atoms with Gasteiger partial charge in [-0.05, 0) is 6.42 Å². The molecule has 0 spiro atoms. The van der Waals surface area contributed by atoms with Crippen molar-refractivity contribution in [2.75, 3.05) is 50.0 Å². The number of nitrogens with two attached hydrogens (primary N) is 1. The summed E-state index contributed by atoms with van der Waals surface area (Å²) >= 11 is 0. The largest absolute Gasteiger partial charge is 0.384 e. The molecule has 18 heavy (non-hydrogen) atoms. The lowest BCUT2D eigenvalue weighted by Crippen LogP contribution is -2.44. The molecule has 2 aliphatic rings. The standard InChI is InChI=1S/C12H19N5O/c13-11-7-12(15-9-14-11)17-2-1-10(8-17)16-3-5-18-6-4-16/h7,9-10H,1-6,8H2,(H2,13,14,15). The molecule has 98 valence electrons. The highest BCUT2D eigenvalue weighted by molar-refractivity contribution is 5.46. The van der Waals surface area contributed by atoms with E-state index in [4.69, 9.17) is 10.5 Å².